The minimum atomic E-state index is -0.171. The predicted molar refractivity (Wildman–Crippen MR) is 110 cm³/mol. The number of amides is 1. The molecule has 1 amide bonds. The minimum Gasteiger partial charge on any atom is -0.370 e. The van der Waals surface area contributed by atoms with Gasteiger partial charge in [-0.3, -0.25) is 4.79 Å². The van der Waals surface area contributed by atoms with Gasteiger partial charge in [-0.05, 0) is 56.3 Å². The highest BCUT2D eigenvalue weighted by Gasteiger charge is 2.15. The molecule has 6 nitrogen and oxygen atoms in total. The Morgan fingerprint density at radius 1 is 0.852 bits per heavy atom. The lowest BCUT2D eigenvalue weighted by Gasteiger charge is -2.34. The number of anilines is 3. The van der Waals surface area contributed by atoms with Gasteiger partial charge in [0.1, 0.15) is 5.69 Å². The van der Waals surface area contributed by atoms with Gasteiger partial charge in [0.15, 0.2) is 0 Å². The molecule has 0 saturated carbocycles. The van der Waals surface area contributed by atoms with Crippen LogP contribution in [0.4, 0.5) is 17.1 Å². The van der Waals surface area contributed by atoms with Crippen LogP contribution in [0.1, 0.15) is 23.3 Å². The van der Waals surface area contributed by atoms with Crippen molar-refractivity contribution in [1.29, 1.82) is 0 Å². The number of piperazine rings is 1. The van der Waals surface area contributed by atoms with Crippen molar-refractivity contribution in [3.05, 3.63) is 48.3 Å². The molecule has 0 unspecified atom stereocenters. The zero-order valence-electron chi connectivity index (χ0n) is 15.9. The maximum atomic E-state index is 12.5. The van der Waals surface area contributed by atoms with Crippen molar-refractivity contribution < 1.29 is 4.79 Å². The van der Waals surface area contributed by atoms with Crippen molar-refractivity contribution in [2.24, 2.45) is 0 Å². The first-order chi connectivity index (χ1) is 13.2. The second-order valence-corrected chi connectivity index (χ2v) is 7.39. The van der Waals surface area contributed by atoms with E-state index in [0.717, 1.165) is 50.6 Å². The summed E-state index contributed by atoms with van der Waals surface area (Å²) in [4.78, 5) is 23.8. The molecule has 1 N–H and O–H groups in total. The number of pyridine rings is 1. The number of carbonyl (C=O) groups excluding carboxylic acids is 1. The molecule has 0 bridgehead atoms. The molecule has 0 radical (unpaired) electrons. The number of rotatable bonds is 4. The van der Waals surface area contributed by atoms with Gasteiger partial charge in [-0.1, -0.05) is 0 Å². The standard InChI is InChI=1S/C21H27N5O/c1-24-12-14-26(15-13-24)18-6-4-17(5-7-18)23-21(27)20-9-8-19(16-22-20)25-10-2-3-11-25/h4-9,16H,2-3,10-15H2,1H3,(H,23,27). The highest BCUT2D eigenvalue weighted by molar-refractivity contribution is 6.03. The van der Waals surface area contributed by atoms with Gasteiger partial charge in [-0.2, -0.15) is 0 Å². The smallest absolute Gasteiger partial charge is 0.274 e. The molecule has 27 heavy (non-hydrogen) atoms. The minimum absolute atomic E-state index is 0.171. The summed E-state index contributed by atoms with van der Waals surface area (Å²) in [5.41, 5.74) is 3.54. The summed E-state index contributed by atoms with van der Waals surface area (Å²) in [6, 6.07) is 11.9. The molecule has 0 spiro atoms. The van der Waals surface area contributed by atoms with E-state index in [1.807, 2.05) is 24.3 Å². The monoisotopic (exact) mass is 365 g/mol. The third-order valence-electron chi connectivity index (χ3n) is 5.45. The summed E-state index contributed by atoms with van der Waals surface area (Å²) in [6.07, 6.45) is 4.26. The van der Waals surface area contributed by atoms with Crippen LogP contribution in [-0.2, 0) is 0 Å². The van der Waals surface area contributed by atoms with Crippen LogP contribution in [-0.4, -0.2) is 62.1 Å². The molecule has 2 aromatic rings. The van der Waals surface area contributed by atoms with E-state index in [4.69, 9.17) is 0 Å². The molecule has 2 aliphatic heterocycles. The second-order valence-electron chi connectivity index (χ2n) is 7.39. The SMILES string of the molecule is CN1CCN(c2ccc(NC(=O)c3ccc(N4CCCC4)cn3)cc2)CC1. The van der Waals surface area contributed by atoms with Gasteiger partial charge in [0.2, 0.25) is 0 Å². The third-order valence-corrected chi connectivity index (χ3v) is 5.45. The molecule has 4 rings (SSSR count). The maximum Gasteiger partial charge on any atom is 0.274 e. The van der Waals surface area contributed by atoms with Gasteiger partial charge in [0, 0.05) is 50.6 Å². The quantitative estimate of drug-likeness (QED) is 0.903. The molecule has 3 heterocycles. The zero-order chi connectivity index (χ0) is 18.6. The molecular weight excluding hydrogens is 338 g/mol. The second kappa shape index (κ2) is 7.96. The number of nitrogens with zero attached hydrogens (tertiary/aromatic N) is 4. The van der Waals surface area contributed by atoms with Gasteiger partial charge in [0.25, 0.3) is 5.91 Å². The Labute approximate surface area is 160 Å². The molecule has 142 valence electrons. The van der Waals surface area contributed by atoms with Crippen LogP contribution >= 0.6 is 0 Å². The van der Waals surface area contributed by atoms with Gasteiger partial charge >= 0.3 is 0 Å². The van der Waals surface area contributed by atoms with Crippen LogP contribution in [0.3, 0.4) is 0 Å². The van der Waals surface area contributed by atoms with Crippen molar-refractivity contribution >= 4 is 23.0 Å². The Hall–Kier alpha value is -2.60. The van der Waals surface area contributed by atoms with Gasteiger partial charge in [-0.15, -0.1) is 0 Å². The summed E-state index contributed by atoms with van der Waals surface area (Å²) in [7, 11) is 2.15. The molecule has 0 atom stereocenters. The van der Waals surface area contributed by atoms with Crippen molar-refractivity contribution in [2.75, 3.05) is 61.4 Å². The maximum absolute atomic E-state index is 12.5. The van der Waals surface area contributed by atoms with Crippen LogP contribution in [0.2, 0.25) is 0 Å². The normalized spacial score (nSPS) is 18.0. The number of benzene rings is 1. The number of carbonyl (C=O) groups is 1. The molecule has 2 aliphatic rings. The fourth-order valence-electron chi connectivity index (χ4n) is 3.70. The van der Waals surface area contributed by atoms with E-state index in [1.165, 1.54) is 18.5 Å². The van der Waals surface area contributed by atoms with Crippen molar-refractivity contribution in [3.63, 3.8) is 0 Å². The van der Waals surface area contributed by atoms with Crippen LogP contribution in [0.15, 0.2) is 42.6 Å². The van der Waals surface area contributed by atoms with Crippen LogP contribution in [0.5, 0.6) is 0 Å². The lowest BCUT2D eigenvalue weighted by molar-refractivity contribution is 0.102. The summed E-state index contributed by atoms with van der Waals surface area (Å²) < 4.78 is 0. The molecule has 1 aromatic heterocycles. The number of likely N-dealkylation sites (N-methyl/N-ethyl adjacent to an activating group) is 1. The van der Waals surface area contributed by atoms with Crippen molar-refractivity contribution in [2.45, 2.75) is 12.8 Å². The fraction of sp³-hybridized carbons (Fsp3) is 0.429. The van der Waals surface area contributed by atoms with Crippen LogP contribution in [0.25, 0.3) is 0 Å². The largest absolute Gasteiger partial charge is 0.370 e. The lowest BCUT2D eigenvalue weighted by Crippen LogP contribution is -2.44. The highest BCUT2D eigenvalue weighted by Crippen LogP contribution is 2.21. The van der Waals surface area contributed by atoms with Gasteiger partial charge in [-0.25, -0.2) is 4.98 Å². The number of hydrogen-bond donors (Lipinski definition) is 1. The molecular formula is C21H27N5O. The van der Waals surface area contributed by atoms with E-state index in [1.54, 1.807) is 6.20 Å². The van der Waals surface area contributed by atoms with E-state index in [-0.39, 0.29) is 5.91 Å². The molecule has 0 aliphatic carbocycles. The van der Waals surface area contributed by atoms with E-state index < -0.39 is 0 Å². The summed E-state index contributed by atoms with van der Waals surface area (Å²) >= 11 is 0. The van der Waals surface area contributed by atoms with E-state index in [2.05, 4.69) is 44.2 Å². The number of aromatic nitrogens is 1. The molecule has 2 saturated heterocycles. The fourth-order valence-corrected chi connectivity index (χ4v) is 3.70. The first-order valence-electron chi connectivity index (χ1n) is 9.75. The van der Waals surface area contributed by atoms with Gasteiger partial charge < -0.3 is 20.0 Å². The van der Waals surface area contributed by atoms with E-state index >= 15 is 0 Å². The highest BCUT2D eigenvalue weighted by atomic mass is 16.1. The summed E-state index contributed by atoms with van der Waals surface area (Å²) in [5.74, 6) is -0.171. The van der Waals surface area contributed by atoms with Crippen LogP contribution in [0, 0.1) is 0 Å². The van der Waals surface area contributed by atoms with E-state index in [9.17, 15) is 4.79 Å². The van der Waals surface area contributed by atoms with Crippen molar-refractivity contribution in [1.82, 2.24) is 9.88 Å². The summed E-state index contributed by atoms with van der Waals surface area (Å²) in [6.45, 7) is 6.39. The average molecular weight is 365 g/mol. The summed E-state index contributed by atoms with van der Waals surface area (Å²) in [5, 5.41) is 2.94. The Bertz CT molecular complexity index is 760. The molecule has 2 fully saturated rings. The predicted octanol–water partition coefficient (Wildman–Crippen LogP) is 2.69. The number of nitrogens with one attached hydrogen (secondary N) is 1. The van der Waals surface area contributed by atoms with Crippen LogP contribution < -0.4 is 15.1 Å². The first-order valence-corrected chi connectivity index (χ1v) is 9.75. The third kappa shape index (κ3) is 4.22. The Kier molecular flexibility index (Phi) is 5.25. The van der Waals surface area contributed by atoms with Gasteiger partial charge in [0.05, 0.1) is 11.9 Å². The number of hydrogen-bond acceptors (Lipinski definition) is 5. The first kappa shape index (κ1) is 17.8. The van der Waals surface area contributed by atoms with E-state index in [0.29, 0.717) is 5.69 Å². The van der Waals surface area contributed by atoms with Crippen molar-refractivity contribution in [3.8, 4) is 0 Å². The average Bonchev–Trinajstić information content (AvgIpc) is 3.24. The molecule has 1 aromatic carbocycles. The topological polar surface area (TPSA) is 51.7 Å². The lowest BCUT2D eigenvalue weighted by atomic mass is 10.2. The molecule has 6 heteroatoms. The zero-order valence-corrected chi connectivity index (χ0v) is 15.9. The Balaban J connectivity index is 1.36. The Morgan fingerprint density at radius 3 is 2.11 bits per heavy atom. The Morgan fingerprint density at radius 2 is 1.48 bits per heavy atom.